The number of aliphatic hydroxyl groups excluding tert-OH is 1. The van der Waals surface area contributed by atoms with Crippen molar-refractivity contribution < 1.29 is 9.90 Å². The van der Waals surface area contributed by atoms with Gasteiger partial charge in [-0.2, -0.15) is 0 Å². The van der Waals surface area contributed by atoms with Crippen molar-refractivity contribution in [2.45, 2.75) is 19.3 Å². The number of benzene rings is 2. The summed E-state index contributed by atoms with van der Waals surface area (Å²) in [6.45, 7) is 1.68. The number of aromatic nitrogens is 1. The zero-order valence-corrected chi connectivity index (χ0v) is 18.0. The van der Waals surface area contributed by atoms with E-state index in [1.807, 2.05) is 47.4 Å². The van der Waals surface area contributed by atoms with Crippen LogP contribution < -0.4 is 15.8 Å². The van der Waals surface area contributed by atoms with Crippen LogP contribution in [0.3, 0.4) is 0 Å². The van der Waals surface area contributed by atoms with Crippen LogP contribution in [0.15, 0.2) is 53.3 Å². The summed E-state index contributed by atoms with van der Waals surface area (Å²) in [5, 5.41) is 13.3. The Hall–Kier alpha value is -2.83. The van der Waals surface area contributed by atoms with Crippen molar-refractivity contribution in [3.05, 3.63) is 63.9 Å². The van der Waals surface area contributed by atoms with Crippen molar-refractivity contribution >= 4 is 34.1 Å². The summed E-state index contributed by atoms with van der Waals surface area (Å²) in [4.78, 5) is 30.9. The van der Waals surface area contributed by atoms with Crippen LogP contribution in [0.1, 0.15) is 19.3 Å². The molecule has 2 heterocycles. The molecule has 1 aliphatic heterocycles. The molecule has 1 amide bonds. The largest absolute Gasteiger partial charge is 0.396 e. The van der Waals surface area contributed by atoms with Crippen LogP contribution in [0.5, 0.6) is 0 Å². The third kappa shape index (κ3) is 4.60. The van der Waals surface area contributed by atoms with E-state index >= 15 is 0 Å². The molecule has 1 fully saturated rings. The lowest BCUT2D eigenvalue weighted by molar-refractivity contribution is -0.125. The Labute approximate surface area is 185 Å². The van der Waals surface area contributed by atoms with Gasteiger partial charge in [0.25, 0.3) is 5.56 Å². The topological polar surface area (TPSA) is 85.4 Å². The molecule has 0 spiro atoms. The van der Waals surface area contributed by atoms with Crippen LogP contribution in [0, 0.1) is 5.92 Å². The molecule has 0 bridgehead atoms. The summed E-state index contributed by atoms with van der Waals surface area (Å²) in [5.74, 6) is -0.231. The van der Waals surface area contributed by atoms with Crippen LogP contribution in [0.25, 0.3) is 22.0 Å². The molecule has 1 saturated heterocycles. The number of carbonyl (C=O) groups excluding carboxylic acids is 1. The first-order valence-corrected chi connectivity index (χ1v) is 11.0. The van der Waals surface area contributed by atoms with Gasteiger partial charge in [-0.15, -0.1) is 0 Å². The van der Waals surface area contributed by atoms with Gasteiger partial charge in [0.1, 0.15) is 5.69 Å². The molecular formula is C24H26ClN3O3. The second kappa shape index (κ2) is 9.54. The van der Waals surface area contributed by atoms with Gasteiger partial charge < -0.3 is 20.3 Å². The number of nitrogens with zero attached hydrogens (tertiary/aromatic N) is 1. The molecule has 7 heteroatoms. The van der Waals surface area contributed by atoms with Crippen molar-refractivity contribution in [2.75, 3.05) is 31.1 Å². The minimum Gasteiger partial charge on any atom is -0.396 e. The smallest absolute Gasteiger partial charge is 0.272 e. The lowest BCUT2D eigenvalue weighted by Crippen LogP contribution is -2.45. The molecule has 4 rings (SSSR count). The Balaban J connectivity index is 1.77. The number of hydrogen-bond donors (Lipinski definition) is 3. The second-order valence-corrected chi connectivity index (χ2v) is 8.32. The van der Waals surface area contributed by atoms with Gasteiger partial charge in [-0.1, -0.05) is 41.9 Å². The first-order valence-electron chi connectivity index (χ1n) is 10.6. The highest BCUT2D eigenvalue weighted by molar-refractivity contribution is 6.31. The standard InChI is InChI=1S/C24H26ClN3O3/c25-18-9-10-20-19(14-18)21(16-6-2-1-3-7-16)22(24(31)27-20)28-12-4-8-17(15-28)23(30)26-11-5-13-29/h1-3,6-7,9-10,14,17,29H,4-5,8,11-13,15H2,(H,26,30)(H,27,31)/t17-/m1/s1. The molecule has 3 aromatic rings. The van der Waals surface area contributed by atoms with Gasteiger partial charge in [-0.3, -0.25) is 9.59 Å². The molecule has 162 valence electrons. The van der Waals surface area contributed by atoms with Crippen LogP contribution in [0.2, 0.25) is 5.02 Å². The number of fused-ring (bicyclic) bond motifs is 1. The highest BCUT2D eigenvalue weighted by Gasteiger charge is 2.29. The van der Waals surface area contributed by atoms with Crippen LogP contribution in [0.4, 0.5) is 5.69 Å². The maximum atomic E-state index is 13.2. The van der Waals surface area contributed by atoms with Crippen LogP contribution in [-0.4, -0.2) is 42.2 Å². The molecule has 0 aliphatic carbocycles. The number of aliphatic hydroxyl groups is 1. The van der Waals surface area contributed by atoms with Crippen LogP contribution in [-0.2, 0) is 4.79 Å². The van der Waals surface area contributed by atoms with Gasteiger partial charge >= 0.3 is 0 Å². The molecule has 31 heavy (non-hydrogen) atoms. The van der Waals surface area contributed by atoms with Gasteiger partial charge in [0.05, 0.1) is 5.92 Å². The highest BCUT2D eigenvalue weighted by Crippen LogP contribution is 2.37. The van der Waals surface area contributed by atoms with E-state index in [9.17, 15) is 9.59 Å². The number of hydrogen-bond acceptors (Lipinski definition) is 4. The molecule has 3 N–H and O–H groups in total. The summed E-state index contributed by atoms with van der Waals surface area (Å²) in [6.07, 6.45) is 2.13. The Kier molecular flexibility index (Phi) is 6.59. The lowest BCUT2D eigenvalue weighted by Gasteiger charge is -2.34. The Morgan fingerprint density at radius 3 is 2.81 bits per heavy atom. The van der Waals surface area contributed by atoms with Gasteiger partial charge in [-0.05, 0) is 43.0 Å². The highest BCUT2D eigenvalue weighted by atomic mass is 35.5. The van der Waals surface area contributed by atoms with Crippen molar-refractivity contribution in [1.82, 2.24) is 10.3 Å². The van der Waals surface area contributed by atoms with E-state index in [1.54, 1.807) is 6.07 Å². The molecule has 1 atom stereocenters. The molecule has 2 aromatic carbocycles. The summed E-state index contributed by atoms with van der Waals surface area (Å²) in [7, 11) is 0. The molecule has 0 radical (unpaired) electrons. The van der Waals surface area contributed by atoms with Crippen molar-refractivity contribution in [3.8, 4) is 11.1 Å². The third-order valence-electron chi connectivity index (χ3n) is 5.76. The monoisotopic (exact) mass is 439 g/mol. The van der Waals surface area contributed by atoms with Gasteiger partial charge in [0.15, 0.2) is 0 Å². The third-order valence-corrected chi connectivity index (χ3v) is 5.99. The fourth-order valence-corrected chi connectivity index (χ4v) is 4.46. The zero-order chi connectivity index (χ0) is 21.8. The molecular weight excluding hydrogens is 414 g/mol. The Morgan fingerprint density at radius 1 is 1.23 bits per heavy atom. The first kappa shape index (κ1) is 21.4. The predicted octanol–water partition coefficient (Wildman–Crippen LogP) is 3.56. The number of amides is 1. The average molecular weight is 440 g/mol. The summed E-state index contributed by atoms with van der Waals surface area (Å²) >= 11 is 6.30. The molecule has 1 aliphatic rings. The van der Waals surface area contributed by atoms with Crippen molar-refractivity contribution in [2.24, 2.45) is 5.92 Å². The Morgan fingerprint density at radius 2 is 2.03 bits per heavy atom. The maximum Gasteiger partial charge on any atom is 0.272 e. The van der Waals surface area contributed by atoms with Crippen molar-refractivity contribution in [1.29, 1.82) is 0 Å². The summed E-state index contributed by atoms with van der Waals surface area (Å²) in [6, 6.07) is 15.3. The number of anilines is 1. The van der Waals surface area contributed by atoms with E-state index in [4.69, 9.17) is 16.7 Å². The SMILES string of the molecule is O=C(NCCCO)[C@@H]1CCCN(c2c(-c3ccccc3)c3cc(Cl)ccc3[nH]c2=O)C1. The number of H-pyrrole nitrogens is 1. The van der Waals surface area contributed by atoms with E-state index in [-0.39, 0.29) is 24.0 Å². The molecule has 0 unspecified atom stereocenters. The van der Waals surface area contributed by atoms with E-state index in [1.165, 1.54) is 0 Å². The first-order chi connectivity index (χ1) is 15.1. The maximum absolute atomic E-state index is 13.2. The summed E-state index contributed by atoms with van der Waals surface area (Å²) < 4.78 is 0. The van der Waals surface area contributed by atoms with E-state index in [0.29, 0.717) is 36.8 Å². The zero-order valence-electron chi connectivity index (χ0n) is 17.2. The normalized spacial score (nSPS) is 16.5. The number of halogens is 1. The average Bonchev–Trinajstić information content (AvgIpc) is 2.79. The number of rotatable bonds is 6. The van der Waals surface area contributed by atoms with E-state index in [0.717, 1.165) is 34.9 Å². The summed E-state index contributed by atoms with van der Waals surface area (Å²) in [5.41, 5.74) is 2.91. The van der Waals surface area contributed by atoms with E-state index < -0.39 is 0 Å². The quantitative estimate of drug-likeness (QED) is 0.512. The van der Waals surface area contributed by atoms with Crippen LogP contribution >= 0.6 is 11.6 Å². The minimum absolute atomic E-state index is 0.0281. The predicted molar refractivity (Wildman–Crippen MR) is 125 cm³/mol. The number of aromatic amines is 1. The molecule has 0 saturated carbocycles. The fourth-order valence-electron chi connectivity index (χ4n) is 4.28. The van der Waals surface area contributed by atoms with Crippen molar-refractivity contribution in [3.63, 3.8) is 0 Å². The Bertz CT molecular complexity index is 1130. The van der Waals surface area contributed by atoms with Gasteiger partial charge in [0.2, 0.25) is 5.91 Å². The lowest BCUT2D eigenvalue weighted by atomic mass is 9.94. The van der Waals surface area contributed by atoms with Gasteiger partial charge in [-0.25, -0.2) is 0 Å². The molecule has 6 nitrogen and oxygen atoms in total. The van der Waals surface area contributed by atoms with E-state index in [2.05, 4.69) is 10.3 Å². The molecule has 1 aromatic heterocycles. The number of piperidine rings is 1. The minimum atomic E-state index is -0.203. The second-order valence-electron chi connectivity index (χ2n) is 7.89. The number of carbonyl (C=O) groups is 1. The fraction of sp³-hybridized carbons (Fsp3) is 0.333. The number of pyridine rings is 1. The van der Waals surface area contributed by atoms with Gasteiger partial charge in [0, 0.05) is 47.7 Å². The number of nitrogens with one attached hydrogen (secondary N) is 2.